The maximum atomic E-state index is 9.67. The van der Waals surface area contributed by atoms with Gasteiger partial charge in [-0.2, -0.15) is 0 Å². The molecule has 0 saturated carbocycles. The van der Waals surface area contributed by atoms with Gasteiger partial charge in [-0.3, -0.25) is 12.9 Å². The molecular formula is C19H18BF4N3O2. The molecule has 0 amide bonds. The topological polar surface area (TPSA) is 40.2 Å². The van der Waals surface area contributed by atoms with Crippen molar-refractivity contribution in [2.45, 2.75) is 25.2 Å². The van der Waals surface area contributed by atoms with Crippen LogP contribution >= 0.6 is 0 Å². The van der Waals surface area contributed by atoms with Crippen molar-refractivity contribution in [2.75, 3.05) is 7.11 Å². The van der Waals surface area contributed by atoms with Gasteiger partial charge in [-0.1, -0.05) is 28.9 Å². The highest BCUT2D eigenvalue weighted by atomic mass is 19.4. The summed E-state index contributed by atoms with van der Waals surface area (Å²) in [5.41, 5.74) is 3.74. The summed E-state index contributed by atoms with van der Waals surface area (Å²) in [5, 5.41) is 4.72. The fourth-order valence-electron chi connectivity index (χ4n) is 3.78. The number of ether oxygens (including phenoxy) is 2. The highest BCUT2D eigenvalue weighted by molar-refractivity contribution is 6.33. The Morgan fingerprint density at radius 2 is 1.83 bits per heavy atom. The van der Waals surface area contributed by atoms with E-state index < -0.39 is 7.54 Å². The van der Waals surface area contributed by atoms with Gasteiger partial charge in [0, 0.05) is 11.5 Å². The molecule has 2 atom stereocenters. The lowest BCUT2D eigenvalue weighted by Crippen LogP contribution is -3.00. The summed E-state index contributed by atoms with van der Waals surface area (Å²) in [6, 6.07) is 16.7. The van der Waals surface area contributed by atoms with Crippen LogP contribution in [0.25, 0.3) is 5.69 Å². The van der Waals surface area contributed by atoms with E-state index in [1.807, 2.05) is 28.9 Å². The van der Waals surface area contributed by atoms with Gasteiger partial charge in [-0.25, -0.2) is 4.57 Å². The Balaban J connectivity index is 0.000000443. The molecule has 0 bridgehead atoms. The number of fused-ring (bicyclic) bond motifs is 5. The smallest absolute Gasteiger partial charge is 0.762 e. The Labute approximate surface area is 165 Å². The van der Waals surface area contributed by atoms with Crippen molar-refractivity contribution < 1.29 is 31.7 Å². The number of benzene rings is 2. The minimum absolute atomic E-state index is 0. The van der Waals surface area contributed by atoms with Crippen LogP contribution in [0.2, 0.25) is 0 Å². The monoisotopic (exact) mass is 407 g/mol. The van der Waals surface area contributed by atoms with Gasteiger partial charge in [0.25, 0.3) is 0 Å². The molecule has 5 rings (SSSR count). The Hall–Kier alpha value is -2.88. The zero-order valence-electron chi connectivity index (χ0n) is 15.5. The van der Waals surface area contributed by atoms with Crippen molar-refractivity contribution in [3.8, 4) is 11.4 Å². The molecule has 3 aromatic rings. The Bertz CT molecular complexity index is 966. The molecule has 2 aromatic carbocycles. The maximum absolute atomic E-state index is 9.67. The molecule has 0 unspecified atom stereocenters. The molecule has 29 heavy (non-hydrogen) atoms. The highest BCUT2D eigenvalue weighted by Gasteiger charge is 2.43. The zero-order valence-corrected chi connectivity index (χ0v) is 15.5. The average Bonchev–Trinajstić information content (AvgIpc) is 3.28. The van der Waals surface area contributed by atoms with Crippen molar-refractivity contribution in [3.63, 3.8) is 0 Å². The van der Waals surface area contributed by atoms with Crippen molar-refractivity contribution in [3.05, 3.63) is 71.8 Å². The molecule has 0 spiro atoms. The molecule has 1 aliphatic carbocycles. The van der Waals surface area contributed by atoms with E-state index in [1.54, 1.807) is 7.11 Å². The van der Waals surface area contributed by atoms with Crippen LogP contribution in [0.15, 0.2) is 54.9 Å². The molecule has 2 heterocycles. The third-order valence-electron chi connectivity index (χ3n) is 4.97. The Kier molecular flexibility index (Phi) is 6.22. The summed E-state index contributed by atoms with van der Waals surface area (Å²) >= 11 is 0. The summed E-state index contributed by atoms with van der Waals surface area (Å²) in [4.78, 5) is 0. The molecule has 0 radical (unpaired) electrons. The van der Waals surface area contributed by atoms with Gasteiger partial charge in [-0.05, 0) is 35.4 Å². The predicted molar refractivity (Wildman–Crippen MR) is 96.3 cm³/mol. The number of methoxy groups -OCH3 is 1. The van der Waals surface area contributed by atoms with E-state index in [4.69, 9.17) is 14.6 Å². The first-order valence-corrected chi connectivity index (χ1v) is 8.82. The van der Waals surface area contributed by atoms with Crippen LogP contribution in [0.5, 0.6) is 5.75 Å². The van der Waals surface area contributed by atoms with E-state index in [1.165, 1.54) is 11.1 Å². The predicted octanol–water partition coefficient (Wildman–Crippen LogP) is 0.0965. The summed E-state index contributed by atoms with van der Waals surface area (Å²) < 4.78 is 44.5. The van der Waals surface area contributed by atoms with Crippen LogP contribution < -0.4 is 14.0 Å². The highest BCUT2D eigenvalue weighted by Crippen LogP contribution is 2.35. The minimum atomic E-state index is -3.67. The van der Waals surface area contributed by atoms with Crippen molar-refractivity contribution >= 4 is 7.54 Å². The lowest BCUT2D eigenvalue weighted by molar-refractivity contribution is -0.739. The lowest BCUT2D eigenvalue weighted by atomic mass is 10.1. The maximum Gasteiger partial charge on any atom is 0.762 e. The normalized spacial score (nSPS) is 18.3. The van der Waals surface area contributed by atoms with Crippen molar-refractivity contribution in [1.29, 1.82) is 0 Å². The summed E-state index contributed by atoms with van der Waals surface area (Å²) in [6.45, 7) is 0.554. The number of nitrogens with zero attached hydrogens (tertiary/aromatic N) is 3. The molecule has 5 nitrogen and oxygen atoms in total. The van der Waals surface area contributed by atoms with Gasteiger partial charge >= 0.3 is 13.4 Å². The third kappa shape index (κ3) is 4.12. The van der Waals surface area contributed by atoms with Gasteiger partial charge < -0.3 is 14.2 Å². The molecular weight excluding hydrogens is 389 g/mol. The van der Waals surface area contributed by atoms with E-state index in [0.717, 1.165) is 23.7 Å². The van der Waals surface area contributed by atoms with Crippen molar-refractivity contribution in [1.82, 2.24) is 9.78 Å². The van der Waals surface area contributed by atoms with Gasteiger partial charge in [-0.15, -0.1) is 0 Å². The van der Waals surface area contributed by atoms with Gasteiger partial charge in [0.15, 0.2) is 0 Å². The number of rotatable bonds is 2. The summed E-state index contributed by atoms with van der Waals surface area (Å²) in [5.74, 6) is 1.81. The summed E-state index contributed by atoms with van der Waals surface area (Å²) in [7, 11) is -1.99. The van der Waals surface area contributed by atoms with E-state index in [9.17, 15) is 12.9 Å². The largest absolute Gasteiger partial charge is 1.00 e. The number of hydrogen-bond donors (Lipinski definition) is 0. The first-order chi connectivity index (χ1) is 13.6. The van der Waals surface area contributed by atoms with E-state index in [-0.39, 0.29) is 16.9 Å². The molecule has 2 aliphatic rings. The second-order valence-electron chi connectivity index (χ2n) is 6.53. The van der Waals surface area contributed by atoms with Gasteiger partial charge in [0.2, 0.25) is 6.33 Å². The number of aromatic nitrogens is 3. The van der Waals surface area contributed by atoms with E-state index >= 15 is 0 Å². The first kappa shape index (κ1) is 20.8. The average molecular weight is 407 g/mol. The second kappa shape index (κ2) is 8.65. The van der Waals surface area contributed by atoms with Crippen molar-refractivity contribution in [2.24, 2.45) is 0 Å². The minimum Gasteiger partial charge on any atom is -1.00 e. The van der Waals surface area contributed by atoms with Crippen LogP contribution in [0, 0.1) is 0 Å². The van der Waals surface area contributed by atoms with Crippen LogP contribution in [0.1, 0.15) is 23.0 Å². The molecule has 152 valence electrons. The van der Waals surface area contributed by atoms with E-state index in [0.29, 0.717) is 6.61 Å². The van der Waals surface area contributed by atoms with Gasteiger partial charge in [0.1, 0.15) is 30.2 Å². The SMILES string of the molecule is COc1ccc(-n2c[n+]3c(n2)CO[C@@H]2Cc4ccccc4[C@@H]23)cc1.FB(F)F.[F-]. The number of hydrogen-bond acceptors (Lipinski definition) is 3. The third-order valence-corrected chi connectivity index (χ3v) is 4.97. The van der Waals surface area contributed by atoms with Crippen LogP contribution in [0.4, 0.5) is 12.9 Å². The van der Waals surface area contributed by atoms with Gasteiger partial charge in [0.05, 0.1) is 7.11 Å². The molecule has 0 saturated heterocycles. The van der Waals surface area contributed by atoms with Crippen LogP contribution in [-0.2, 0) is 17.8 Å². The Morgan fingerprint density at radius 3 is 2.52 bits per heavy atom. The van der Waals surface area contributed by atoms with Crippen LogP contribution in [0.3, 0.4) is 0 Å². The standard InChI is InChI=1S/C19H18N3O2.BF3.FH/c1-23-15-8-6-14(7-9-15)22-12-21-18(20-22)11-24-17-10-13-4-2-3-5-16(13)19(17)21;2-1(3)4;/h2-9,12,17,19H,10-11H2,1H3;;1H/q+1;;/p-1/t17-,19+;;/m1../s1. The molecule has 10 heteroatoms. The van der Waals surface area contributed by atoms with Crippen LogP contribution in [-0.4, -0.2) is 30.5 Å². The second-order valence-corrected chi connectivity index (χ2v) is 6.53. The zero-order chi connectivity index (χ0) is 19.7. The lowest BCUT2D eigenvalue weighted by Gasteiger charge is -2.23. The Morgan fingerprint density at radius 1 is 1.14 bits per heavy atom. The molecule has 1 aliphatic heterocycles. The molecule has 0 N–H and O–H groups in total. The number of halogens is 4. The summed E-state index contributed by atoms with van der Waals surface area (Å²) in [6.07, 6.45) is 3.26. The first-order valence-electron chi connectivity index (χ1n) is 8.82. The molecule has 0 fully saturated rings. The fourth-order valence-corrected chi connectivity index (χ4v) is 3.78. The fraction of sp³-hybridized carbons (Fsp3) is 0.263. The quantitative estimate of drug-likeness (QED) is 0.344. The van der Waals surface area contributed by atoms with E-state index in [2.05, 4.69) is 35.2 Å². The molecule has 1 aromatic heterocycles.